The molecular weight excluding hydrogens is 364 g/mol. The number of anilines is 1. The van der Waals surface area contributed by atoms with Gasteiger partial charge in [0.1, 0.15) is 11.3 Å². The Morgan fingerprint density at radius 1 is 1.14 bits per heavy atom. The summed E-state index contributed by atoms with van der Waals surface area (Å²) >= 11 is 0. The van der Waals surface area contributed by atoms with E-state index in [1.807, 2.05) is 42.0 Å². The molecule has 0 aliphatic heterocycles. The number of nitrogens with zero attached hydrogens (tertiary/aromatic N) is 6. The summed E-state index contributed by atoms with van der Waals surface area (Å²) in [4.78, 5) is 14.0. The lowest BCUT2D eigenvalue weighted by atomic mass is 9.92. The highest BCUT2D eigenvalue weighted by atomic mass is 15.3. The Kier molecular flexibility index (Phi) is 4.43. The number of fused-ring (bicyclic) bond motifs is 2. The van der Waals surface area contributed by atoms with Gasteiger partial charge in [0.25, 0.3) is 0 Å². The summed E-state index contributed by atoms with van der Waals surface area (Å²) in [5.41, 5.74) is 10.7. The van der Waals surface area contributed by atoms with E-state index in [0.29, 0.717) is 18.0 Å². The minimum atomic E-state index is 0.334. The maximum atomic E-state index is 6.00. The van der Waals surface area contributed by atoms with Crippen LogP contribution in [-0.2, 0) is 6.54 Å². The predicted molar refractivity (Wildman–Crippen MR) is 114 cm³/mol. The number of imidazole rings is 1. The van der Waals surface area contributed by atoms with Crippen molar-refractivity contribution in [1.82, 2.24) is 29.1 Å². The van der Waals surface area contributed by atoms with Crippen molar-refractivity contribution in [2.75, 3.05) is 5.32 Å². The first kappa shape index (κ1) is 18.1. The molecule has 8 nitrogen and oxygen atoms in total. The van der Waals surface area contributed by atoms with Crippen LogP contribution in [0, 0.1) is 6.92 Å². The minimum Gasteiger partial charge on any atom is -0.350 e. The Bertz CT molecular complexity index is 1170. The van der Waals surface area contributed by atoms with Gasteiger partial charge < -0.3 is 15.6 Å². The molecule has 0 unspecified atom stereocenters. The SMILES string of the molecule is CCn1c(C)nc2ccc(-c3ccn4nc(N[C@H]5CC[C@@H](N)CC5)ncc34)nc21. The van der Waals surface area contributed by atoms with Crippen LogP contribution in [0.3, 0.4) is 0 Å². The lowest BCUT2D eigenvalue weighted by molar-refractivity contribution is 0.409. The monoisotopic (exact) mass is 390 g/mol. The molecule has 0 aromatic carbocycles. The summed E-state index contributed by atoms with van der Waals surface area (Å²) in [5, 5.41) is 8.11. The molecule has 1 saturated carbocycles. The van der Waals surface area contributed by atoms with Crippen LogP contribution in [0.5, 0.6) is 0 Å². The summed E-state index contributed by atoms with van der Waals surface area (Å²) in [6.07, 6.45) is 8.06. The molecular formula is C21H26N8. The normalized spacial score (nSPS) is 19.8. The minimum absolute atomic E-state index is 0.334. The summed E-state index contributed by atoms with van der Waals surface area (Å²) in [6, 6.07) is 6.82. The van der Waals surface area contributed by atoms with Crippen molar-refractivity contribution in [2.45, 2.75) is 58.2 Å². The third-order valence-corrected chi connectivity index (χ3v) is 5.90. The van der Waals surface area contributed by atoms with E-state index in [1.165, 1.54) is 0 Å². The number of nitrogens with two attached hydrogens (primary N) is 1. The van der Waals surface area contributed by atoms with E-state index in [4.69, 9.17) is 10.7 Å². The summed E-state index contributed by atoms with van der Waals surface area (Å²) in [5.74, 6) is 1.64. The van der Waals surface area contributed by atoms with E-state index in [1.54, 1.807) is 0 Å². The molecule has 8 heteroatoms. The van der Waals surface area contributed by atoms with Gasteiger partial charge in [-0.2, -0.15) is 0 Å². The molecule has 3 N–H and O–H groups in total. The molecule has 1 aliphatic rings. The lowest BCUT2D eigenvalue weighted by Gasteiger charge is -2.26. The highest BCUT2D eigenvalue weighted by Crippen LogP contribution is 2.26. The van der Waals surface area contributed by atoms with E-state index in [2.05, 4.69) is 31.9 Å². The first-order valence-electron chi connectivity index (χ1n) is 10.3. The third kappa shape index (κ3) is 3.23. The van der Waals surface area contributed by atoms with Crippen molar-refractivity contribution in [3.63, 3.8) is 0 Å². The summed E-state index contributed by atoms with van der Waals surface area (Å²) in [7, 11) is 0. The largest absolute Gasteiger partial charge is 0.350 e. The summed E-state index contributed by atoms with van der Waals surface area (Å²) < 4.78 is 4.00. The molecule has 0 saturated heterocycles. The zero-order valence-corrected chi connectivity index (χ0v) is 16.8. The van der Waals surface area contributed by atoms with Gasteiger partial charge in [-0.25, -0.2) is 19.5 Å². The molecule has 29 heavy (non-hydrogen) atoms. The Morgan fingerprint density at radius 2 is 1.97 bits per heavy atom. The van der Waals surface area contributed by atoms with Gasteiger partial charge in [-0.3, -0.25) is 0 Å². The quantitative estimate of drug-likeness (QED) is 0.555. The molecule has 0 radical (unpaired) electrons. The van der Waals surface area contributed by atoms with Crippen LogP contribution in [0.1, 0.15) is 38.4 Å². The molecule has 0 atom stereocenters. The number of hydrogen-bond acceptors (Lipinski definition) is 6. The average Bonchev–Trinajstić information content (AvgIpc) is 3.28. The lowest BCUT2D eigenvalue weighted by Crippen LogP contribution is -2.33. The fourth-order valence-corrected chi connectivity index (χ4v) is 4.27. The van der Waals surface area contributed by atoms with E-state index in [9.17, 15) is 0 Å². The van der Waals surface area contributed by atoms with Crippen LogP contribution in [-0.4, -0.2) is 41.2 Å². The van der Waals surface area contributed by atoms with Gasteiger partial charge in [0, 0.05) is 30.4 Å². The zero-order valence-electron chi connectivity index (χ0n) is 16.8. The van der Waals surface area contributed by atoms with Crippen LogP contribution in [0.15, 0.2) is 30.6 Å². The highest BCUT2D eigenvalue weighted by Gasteiger charge is 2.19. The number of aryl methyl sites for hydroxylation is 2. The average molecular weight is 390 g/mol. The number of pyridine rings is 1. The summed E-state index contributed by atoms with van der Waals surface area (Å²) in [6.45, 7) is 4.97. The molecule has 150 valence electrons. The number of aromatic nitrogens is 6. The van der Waals surface area contributed by atoms with E-state index >= 15 is 0 Å². The van der Waals surface area contributed by atoms with Crippen LogP contribution in [0.2, 0.25) is 0 Å². The Morgan fingerprint density at radius 3 is 2.76 bits per heavy atom. The van der Waals surface area contributed by atoms with Gasteiger partial charge in [0.15, 0.2) is 5.65 Å². The number of rotatable bonds is 4. The van der Waals surface area contributed by atoms with Gasteiger partial charge in [0.2, 0.25) is 5.95 Å². The van der Waals surface area contributed by atoms with Crippen LogP contribution >= 0.6 is 0 Å². The topological polar surface area (TPSA) is 99.0 Å². The molecule has 5 rings (SSSR count). The van der Waals surface area contributed by atoms with E-state index in [0.717, 1.165) is 66.0 Å². The third-order valence-electron chi connectivity index (χ3n) is 5.90. The maximum Gasteiger partial charge on any atom is 0.241 e. The van der Waals surface area contributed by atoms with Gasteiger partial charge >= 0.3 is 0 Å². The van der Waals surface area contributed by atoms with Gasteiger partial charge in [-0.05, 0) is 57.7 Å². The fraction of sp³-hybridized carbons (Fsp3) is 0.429. The number of hydrogen-bond donors (Lipinski definition) is 2. The molecule has 4 aromatic rings. The molecule has 0 spiro atoms. The molecule has 4 heterocycles. The van der Waals surface area contributed by atoms with E-state index in [-0.39, 0.29) is 0 Å². The second-order valence-corrected chi connectivity index (χ2v) is 7.84. The maximum absolute atomic E-state index is 6.00. The Balaban J connectivity index is 1.46. The number of nitrogens with one attached hydrogen (secondary N) is 1. The second kappa shape index (κ2) is 7.11. The molecule has 4 aromatic heterocycles. The first-order chi connectivity index (χ1) is 14.1. The van der Waals surface area contributed by atoms with Crippen molar-refractivity contribution in [3.8, 4) is 11.3 Å². The first-order valence-corrected chi connectivity index (χ1v) is 10.3. The Hall–Kier alpha value is -3.00. The van der Waals surface area contributed by atoms with Crippen molar-refractivity contribution < 1.29 is 0 Å². The molecule has 1 aliphatic carbocycles. The van der Waals surface area contributed by atoms with Gasteiger partial charge in [0.05, 0.1) is 17.4 Å². The van der Waals surface area contributed by atoms with Crippen molar-refractivity contribution >= 4 is 22.6 Å². The van der Waals surface area contributed by atoms with Crippen LogP contribution in [0.25, 0.3) is 27.9 Å². The molecule has 0 bridgehead atoms. The molecule has 0 amide bonds. The van der Waals surface area contributed by atoms with Crippen molar-refractivity contribution in [1.29, 1.82) is 0 Å². The van der Waals surface area contributed by atoms with Gasteiger partial charge in [-0.15, -0.1) is 5.10 Å². The molecule has 1 fully saturated rings. The van der Waals surface area contributed by atoms with Crippen molar-refractivity contribution in [2.24, 2.45) is 5.73 Å². The Labute approximate surface area is 169 Å². The van der Waals surface area contributed by atoms with Crippen LogP contribution in [0.4, 0.5) is 5.95 Å². The van der Waals surface area contributed by atoms with Crippen molar-refractivity contribution in [3.05, 3.63) is 36.4 Å². The van der Waals surface area contributed by atoms with E-state index < -0.39 is 0 Å². The highest BCUT2D eigenvalue weighted by molar-refractivity contribution is 5.82. The van der Waals surface area contributed by atoms with Crippen LogP contribution < -0.4 is 11.1 Å². The smallest absolute Gasteiger partial charge is 0.241 e. The zero-order chi connectivity index (χ0) is 20.0. The standard InChI is InChI=1S/C21H26N8/c1-3-28-13(2)24-18-9-8-17(26-20(18)28)16-10-11-29-19(16)12-23-21(27-29)25-15-6-4-14(22)5-7-15/h8-12,14-15H,3-7,22H2,1-2H3,(H,25,27)/t14-,15+. The van der Waals surface area contributed by atoms with Gasteiger partial charge in [-0.1, -0.05) is 0 Å². The fourth-order valence-electron chi connectivity index (χ4n) is 4.27. The predicted octanol–water partition coefficient (Wildman–Crippen LogP) is 3.15. The second-order valence-electron chi connectivity index (χ2n) is 7.84.